The topological polar surface area (TPSA) is 26.0 Å². The van der Waals surface area contributed by atoms with E-state index in [-0.39, 0.29) is 0 Å². The summed E-state index contributed by atoms with van der Waals surface area (Å²) in [6.45, 7) is 0. The van der Waals surface area contributed by atoms with Crippen molar-refractivity contribution in [3.8, 4) is 0 Å². The number of nitrogen functional groups attached to an aromatic ring is 1. The van der Waals surface area contributed by atoms with Gasteiger partial charge in [-0.1, -0.05) is 6.07 Å². The molecule has 2 N–H and O–H groups in total. The molecule has 0 aliphatic rings. The molecule has 0 bridgehead atoms. The van der Waals surface area contributed by atoms with E-state index >= 15 is 0 Å². The number of rotatable bonds is 1. The second kappa shape index (κ2) is 3.48. The predicted octanol–water partition coefficient (Wildman–Crippen LogP) is 2.60. The second-order valence-corrected chi connectivity index (χ2v) is 3.79. The standard InChI is InChI=1S/C7H8INS/c1-10-6-4-2-3-5(9)7(6)8/h2-4H,9H2,1H3. The predicted molar refractivity (Wildman–Crippen MR) is 55.4 cm³/mol. The Morgan fingerprint density at radius 3 is 2.70 bits per heavy atom. The summed E-state index contributed by atoms with van der Waals surface area (Å²) in [6.07, 6.45) is 2.05. The van der Waals surface area contributed by atoms with Crippen LogP contribution in [0, 0.1) is 3.57 Å². The van der Waals surface area contributed by atoms with Crippen LogP contribution >= 0.6 is 34.4 Å². The van der Waals surface area contributed by atoms with Gasteiger partial charge in [0.15, 0.2) is 0 Å². The molecule has 0 fully saturated rings. The van der Waals surface area contributed by atoms with Crippen molar-refractivity contribution in [3.63, 3.8) is 0 Å². The molecule has 54 valence electrons. The van der Waals surface area contributed by atoms with Crippen molar-refractivity contribution < 1.29 is 0 Å². The normalized spacial score (nSPS) is 9.80. The van der Waals surface area contributed by atoms with Crippen LogP contribution in [0.2, 0.25) is 0 Å². The Labute approximate surface area is 78.5 Å². The molecule has 0 aliphatic carbocycles. The van der Waals surface area contributed by atoms with E-state index in [9.17, 15) is 0 Å². The van der Waals surface area contributed by atoms with Gasteiger partial charge in [-0.3, -0.25) is 0 Å². The minimum atomic E-state index is 0.868. The van der Waals surface area contributed by atoms with E-state index in [1.165, 1.54) is 4.90 Å². The molecule has 0 radical (unpaired) electrons. The molecule has 1 aromatic carbocycles. The van der Waals surface area contributed by atoms with Crippen molar-refractivity contribution in [2.45, 2.75) is 4.90 Å². The average Bonchev–Trinajstić information content (AvgIpc) is 1.95. The molecule has 0 aromatic heterocycles. The summed E-state index contributed by atoms with van der Waals surface area (Å²) in [6, 6.07) is 5.97. The minimum Gasteiger partial charge on any atom is -0.398 e. The van der Waals surface area contributed by atoms with Gasteiger partial charge in [-0.15, -0.1) is 11.8 Å². The molecule has 1 nitrogen and oxygen atoms in total. The van der Waals surface area contributed by atoms with Crippen molar-refractivity contribution in [2.75, 3.05) is 12.0 Å². The molecule has 0 saturated carbocycles. The summed E-state index contributed by atoms with van der Waals surface area (Å²) in [7, 11) is 0. The highest BCUT2D eigenvalue weighted by Crippen LogP contribution is 2.26. The lowest BCUT2D eigenvalue weighted by atomic mass is 10.3. The van der Waals surface area contributed by atoms with E-state index in [1.54, 1.807) is 11.8 Å². The molecule has 1 aromatic rings. The van der Waals surface area contributed by atoms with Gasteiger partial charge in [-0.25, -0.2) is 0 Å². The summed E-state index contributed by atoms with van der Waals surface area (Å²) in [5.41, 5.74) is 6.54. The highest BCUT2D eigenvalue weighted by Gasteiger charge is 1.98. The SMILES string of the molecule is CSc1cccc(N)c1I. The van der Waals surface area contributed by atoms with Gasteiger partial charge in [0.25, 0.3) is 0 Å². The maximum Gasteiger partial charge on any atom is 0.0495 e. The lowest BCUT2D eigenvalue weighted by Crippen LogP contribution is -1.89. The molecular formula is C7H8INS. The summed E-state index contributed by atoms with van der Waals surface area (Å²) in [5, 5.41) is 0. The fourth-order valence-electron chi connectivity index (χ4n) is 0.685. The first kappa shape index (κ1) is 8.20. The van der Waals surface area contributed by atoms with Crippen LogP contribution in [0.4, 0.5) is 5.69 Å². The van der Waals surface area contributed by atoms with Crippen LogP contribution in [-0.4, -0.2) is 6.26 Å². The number of nitrogens with two attached hydrogens (primary N) is 1. The Kier molecular flexibility index (Phi) is 2.85. The van der Waals surface area contributed by atoms with Crippen molar-refractivity contribution in [1.82, 2.24) is 0 Å². The molecule has 0 amide bonds. The lowest BCUT2D eigenvalue weighted by Gasteiger charge is -2.01. The van der Waals surface area contributed by atoms with Crippen molar-refractivity contribution >= 4 is 40.0 Å². The zero-order chi connectivity index (χ0) is 7.56. The third-order valence-corrected chi connectivity index (χ3v) is 3.56. The minimum absolute atomic E-state index is 0.868. The average molecular weight is 265 g/mol. The first-order valence-corrected chi connectivity index (χ1v) is 5.14. The van der Waals surface area contributed by atoms with Gasteiger partial charge in [0, 0.05) is 14.2 Å². The molecular weight excluding hydrogens is 257 g/mol. The van der Waals surface area contributed by atoms with Crippen LogP contribution in [-0.2, 0) is 0 Å². The Balaban J connectivity index is 3.14. The van der Waals surface area contributed by atoms with E-state index in [1.807, 2.05) is 12.1 Å². The summed E-state index contributed by atoms with van der Waals surface area (Å²) >= 11 is 3.98. The summed E-state index contributed by atoms with van der Waals surface area (Å²) in [5.74, 6) is 0. The smallest absolute Gasteiger partial charge is 0.0495 e. The Bertz CT molecular complexity index is 237. The highest BCUT2D eigenvalue weighted by molar-refractivity contribution is 14.1. The van der Waals surface area contributed by atoms with Crippen LogP contribution in [0.3, 0.4) is 0 Å². The largest absolute Gasteiger partial charge is 0.398 e. The maximum absolute atomic E-state index is 5.68. The fourth-order valence-corrected chi connectivity index (χ4v) is 2.22. The molecule has 10 heavy (non-hydrogen) atoms. The first-order valence-electron chi connectivity index (χ1n) is 2.83. The van der Waals surface area contributed by atoms with Crippen LogP contribution < -0.4 is 5.73 Å². The van der Waals surface area contributed by atoms with Gasteiger partial charge in [-0.05, 0) is 41.0 Å². The van der Waals surface area contributed by atoms with Crippen molar-refractivity contribution in [2.24, 2.45) is 0 Å². The van der Waals surface area contributed by atoms with Gasteiger partial charge in [0.05, 0.1) is 0 Å². The highest BCUT2D eigenvalue weighted by atomic mass is 127. The van der Waals surface area contributed by atoms with Gasteiger partial charge in [0.1, 0.15) is 0 Å². The Morgan fingerprint density at radius 2 is 2.20 bits per heavy atom. The molecule has 0 unspecified atom stereocenters. The molecule has 3 heteroatoms. The third kappa shape index (κ3) is 1.58. The zero-order valence-electron chi connectivity index (χ0n) is 5.60. The maximum atomic E-state index is 5.68. The monoisotopic (exact) mass is 265 g/mol. The van der Waals surface area contributed by atoms with E-state index in [4.69, 9.17) is 5.73 Å². The number of hydrogen-bond donors (Lipinski definition) is 1. The van der Waals surface area contributed by atoms with Gasteiger partial charge >= 0.3 is 0 Å². The van der Waals surface area contributed by atoms with Crippen LogP contribution in [0.1, 0.15) is 0 Å². The second-order valence-electron chi connectivity index (χ2n) is 1.86. The molecule has 0 heterocycles. The molecule has 0 spiro atoms. The van der Waals surface area contributed by atoms with E-state index in [0.717, 1.165) is 9.26 Å². The number of hydrogen-bond acceptors (Lipinski definition) is 2. The quantitative estimate of drug-likeness (QED) is 0.480. The van der Waals surface area contributed by atoms with Crippen molar-refractivity contribution in [1.29, 1.82) is 0 Å². The van der Waals surface area contributed by atoms with Gasteiger partial charge in [-0.2, -0.15) is 0 Å². The zero-order valence-corrected chi connectivity index (χ0v) is 8.57. The first-order chi connectivity index (χ1) is 4.75. The summed E-state index contributed by atoms with van der Waals surface area (Å²) in [4.78, 5) is 1.25. The van der Waals surface area contributed by atoms with E-state index < -0.39 is 0 Å². The molecule has 0 saturated heterocycles. The fraction of sp³-hybridized carbons (Fsp3) is 0.143. The van der Waals surface area contributed by atoms with E-state index in [0.29, 0.717) is 0 Å². The molecule has 0 atom stereocenters. The number of benzene rings is 1. The van der Waals surface area contributed by atoms with Crippen molar-refractivity contribution in [3.05, 3.63) is 21.8 Å². The van der Waals surface area contributed by atoms with E-state index in [2.05, 4.69) is 34.9 Å². The number of halogens is 1. The van der Waals surface area contributed by atoms with Gasteiger partial charge < -0.3 is 5.73 Å². The number of thioether (sulfide) groups is 1. The van der Waals surface area contributed by atoms with Gasteiger partial charge in [0.2, 0.25) is 0 Å². The van der Waals surface area contributed by atoms with Crippen LogP contribution in [0.5, 0.6) is 0 Å². The summed E-state index contributed by atoms with van der Waals surface area (Å²) < 4.78 is 1.16. The number of anilines is 1. The Morgan fingerprint density at radius 1 is 1.50 bits per heavy atom. The molecule has 1 rings (SSSR count). The lowest BCUT2D eigenvalue weighted by molar-refractivity contribution is 1.41. The third-order valence-electron chi connectivity index (χ3n) is 1.21. The Hall–Kier alpha value is 0.100. The van der Waals surface area contributed by atoms with Crippen LogP contribution in [0.25, 0.3) is 0 Å². The molecule has 0 aliphatic heterocycles. The van der Waals surface area contributed by atoms with Crippen LogP contribution in [0.15, 0.2) is 23.1 Å².